The Morgan fingerprint density at radius 1 is 1.44 bits per heavy atom. The number of ether oxygens (including phenoxy) is 1. The Morgan fingerprint density at radius 2 is 2.22 bits per heavy atom. The van der Waals surface area contributed by atoms with Crippen molar-refractivity contribution in [2.24, 2.45) is 0 Å². The molecule has 0 spiro atoms. The lowest BCUT2D eigenvalue weighted by molar-refractivity contribution is -0.384. The van der Waals surface area contributed by atoms with Crippen LogP contribution in [0.4, 0.5) is 5.69 Å². The van der Waals surface area contributed by atoms with Gasteiger partial charge in [0.25, 0.3) is 5.69 Å². The van der Waals surface area contributed by atoms with Crippen molar-refractivity contribution in [3.8, 4) is 0 Å². The van der Waals surface area contributed by atoms with Crippen molar-refractivity contribution in [3.05, 3.63) is 39.9 Å². The van der Waals surface area contributed by atoms with Crippen LogP contribution in [-0.2, 0) is 9.57 Å². The SMILES string of the molecule is CCC(NOCCOC)c1cccc([N+](=O)[O-])c1. The van der Waals surface area contributed by atoms with Crippen LogP contribution in [0.25, 0.3) is 0 Å². The number of non-ortho nitro benzene ring substituents is 1. The first kappa shape index (κ1) is 14.6. The average molecular weight is 254 g/mol. The van der Waals surface area contributed by atoms with Crippen molar-refractivity contribution in [3.63, 3.8) is 0 Å². The number of nitrogens with one attached hydrogen (secondary N) is 1. The second-order valence-corrected chi connectivity index (χ2v) is 3.77. The Hall–Kier alpha value is -1.50. The molecule has 0 radical (unpaired) electrons. The summed E-state index contributed by atoms with van der Waals surface area (Å²) in [5.74, 6) is 0. The zero-order chi connectivity index (χ0) is 13.4. The summed E-state index contributed by atoms with van der Waals surface area (Å²) in [6, 6.07) is 6.48. The van der Waals surface area contributed by atoms with Crippen LogP contribution in [0.15, 0.2) is 24.3 Å². The maximum atomic E-state index is 10.7. The van der Waals surface area contributed by atoms with Crippen molar-refractivity contribution in [1.82, 2.24) is 5.48 Å². The largest absolute Gasteiger partial charge is 0.382 e. The van der Waals surface area contributed by atoms with Gasteiger partial charge in [-0.05, 0) is 12.0 Å². The average Bonchev–Trinajstić information content (AvgIpc) is 2.39. The molecular formula is C12H18N2O4. The highest BCUT2D eigenvalue weighted by Gasteiger charge is 2.13. The normalized spacial score (nSPS) is 12.3. The van der Waals surface area contributed by atoms with Crippen LogP contribution < -0.4 is 5.48 Å². The highest BCUT2D eigenvalue weighted by atomic mass is 16.7. The molecule has 0 aliphatic carbocycles. The van der Waals surface area contributed by atoms with Crippen molar-refractivity contribution in [2.75, 3.05) is 20.3 Å². The van der Waals surface area contributed by atoms with Gasteiger partial charge in [0.05, 0.1) is 24.2 Å². The molecule has 1 rings (SSSR count). The molecule has 100 valence electrons. The molecule has 0 aliphatic rings. The standard InChI is InChI=1S/C12H18N2O4/c1-3-12(13-18-8-7-17-2)10-5-4-6-11(9-10)14(15)16/h4-6,9,12-13H,3,7-8H2,1-2H3. The van der Waals surface area contributed by atoms with E-state index in [9.17, 15) is 10.1 Å². The summed E-state index contributed by atoms with van der Waals surface area (Å²) >= 11 is 0. The van der Waals surface area contributed by atoms with E-state index in [1.54, 1.807) is 19.2 Å². The molecule has 1 aromatic rings. The number of hydrogen-bond acceptors (Lipinski definition) is 5. The van der Waals surface area contributed by atoms with E-state index in [0.29, 0.717) is 13.2 Å². The first-order chi connectivity index (χ1) is 8.69. The van der Waals surface area contributed by atoms with Gasteiger partial charge in [-0.15, -0.1) is 0 Å². The summed E-state index contributed by atoms with van der Waals surface area (Å²) in [5.41, 5.74) is 3.81. The maximum absolute atomic E-state index is 10.7. The lowest BCUT2D eigenvalue weighted by Gasteiger charge is -2.16. The summed E-state index contributed by atoms with van der Waals surface area (Å²) < 4.78 is 4.86. The molecule has 0 aromatic heterocycles. The molecule has 1 N–H and O–H groups in total. The molecule has 1 atom stereocenters. The Kier molecular flexibility index (Phi) is 6.27. The van der Waals surface area contributed by atoms with Gasteiger partial charge in [-0.2, -0.15) is 5.48 Å². The number of nitrogens with zero attached hydrogens (tertiary/aromatic N) is 1. The molecule has 1 aromatic carbocycles. The minimum absolute atomic E-state index is 0.0678. The Morgan fingerprint density at radius 3 is 2.83 bits per heavy atom. The molecule has 1 unspecified atom stereocenters. The van der Waals surface area contributed by atoms with Crippen LogP contribution in [0.5, 0.6) is 0 Å². The molecule has 0 amide bonds. The fraction of sp³-hybridized carbons (Fsp3) is 0.500. The van der Waals surface area contributed by atoms with E-state index in [1.165, 1.54) is 6.07 Å². The number of methoxy groups -OCH3 is 1. The van der Waals surface area contributed by atoms with Crippen LogP contribution in [0, 0.1) is 10.1 Å². The first-order valence-electron chi connectivity index (χ1n) is 5.79. The van der Waals surface area contributed by atoms with Crippen molar-refractivity contribution in [2.45, 2.75) is 19.4 Å². The van der Waals surface area contributed by atoms with Gasteiger partial charge in [-0.1, -0.05) is 19.1 Å². The third-order valence-electron chi connectivity index (χ3n) is 2.51. The van der Waals surface area contributed by atoms with Gasteiger partial charge in [-0.25, -0.2) is 0 Å². The van der Waals surface area contributed by atoms with E-state index < -0.39 is 4.92 Å². The predicted octanol–water partition coefficient (Wildman–Crippen LogP) is 2.21. The highest BCUT2D eigenvalue weighted by molar-refractivity contribution is 5.35. The summed E-state index contributed by atoms with van der Waals surface area (Å²) in [7, 11) is 1.60. The zero-order valence-corrected chi connectivity index (χ0v) is 10.6. The molecule has 18 heavy (non-hydrogen) atoms. The molecule has 6 nitrogen and oxygen atoms in total. The molecular weight excluding hydrogens is 236 g/mol. The van der Waals surface area contributed by atoms with Crippen LogP contribution in [0.2, 0.25) is 0 Å². The van der Waals surface area contributed by atoms with Crippen LogP contribution >= 0.6 is 0 Å². The van der Waals surface area contributed by atoms with Gasteiger partial charge < -0.3 is 4.74 Å². The zero-order valence-electron chi connectivity index (χ0n) is 10.6. The number of nitro benzene ring substituents is 1. The minimum atomic E-state index is -0.401. The van der Waals surface area contributed by atoms with E-state index in [-0.39, 0.29) is 11.7 Å². The molecule has 6 heteroatoms. The van der Waals surface area contributed by atoms with Gasteiger partial charge >= 0.3 is 0 Å². The van der Waals surface area contributed by atoms with Crippen molar-refractivity contribution < 1.29 is 14.5 Å². The quantitative estimate of drug-likeness (QED) is 0.437. The number of hydroxylamine groups is 1. The van der Waals surface area contributed by atoms with Crippen LogP contribution in [0.3, 0.4) is 0 Å². The summed E-state index contributed by atoms with van der Waals surface area (Å²) in [6.07, 6.45) is 0.772. The fourth-order valence-electron chi connectivity index (χ4n) is 1.53. The van der Waals surface area contributed by atoms with Gasteiger partial charge in [0.2, 0.25) is 0 Å². The molecule has 0 saturated heterocycles. The van der Waals surface area contributed by atoms with Gasteiger partial charge in [0.1, 0.15) is 0 Å². The smallest absolute Gasteiger partial charge is 0.269 e. The van der Waals surface area contributed by atoms with Crippen molar-refractivity contribution >= 4 is 5.69 Å². The molecule has 0 saturated carbocycles. The van der Waals surface area contributed by atoms with E-state index >= 15 is 0 Å². The number of nitro groups is 1. The summed E-state index contributed by atoms with van der Waals surface area (Å²) in [6.45, 7) is 2.91. The number of rotatable bonds is 8. The molecule has 0 aliphatic heterocycles. The minimum Gasteiger partial charge on any atom is -0.382 e. The third kappa shape index (κ3) is 4.40. The number of hydrogen-bond donors (Lipinski definition) is 1. The van der Waals surface area contributed by atoms with Gasteiger partial charge in [-0.3, -0.25) is 15.0 Å². The maximum Gasteiger partial charge on any atom is 0.269 e. The topological polar surface area (TPSA) is 73.6 Å². The van der Waals surface area contributed by atoms with Crippen LogP contribution in [0.1, 0.15) is 24.9 Å². The van der Waals surface area contributed by atoms with E-state index in [1.807, 2.05) is 13.0 Å². The number of benzene rings is 1. The monoisotopic (exact) mass is 254 g/mol. The highest BCUT2D eigenvalue weighted by Crippen LogP contribution is 2.21. The van der Waals surface area contributed by atoms with Crippen LogP contribution in [-0.4, -0.2) is 25.2 Å². The molecule has 0 heterocycles. The predicted molar refractivity (Wildman–Crippen MR) is 67.1 cm³/mol. The van der Waals surface area contributed by atoms with E-state index in [4.69, 9.17) is 9.57 Å². The third-order valence-corrected chi connectivity index (χ3v) is 2.51. The van der Waals surface area contributed by atoms with Crippen molar-refractivity contribution in [1.29, 1.82) is 0 Å². The van der Waals surface area contributed by atoms with Gasteiger partial charge in [0, 0.05) is 19.2 Å². The van der Waals surface area contributed by atoms with E-state index in [0.717, 1.165) is 12.0 Å². The lowest BCUT2D eigenvalue weighted by atomic mass is 10.1. The van der Waals surface area contributed by atoms with E-state index in [2.05, 4.69) is 5.48 Å². The summed E-state index contributed by atoms with van der Waals surface area (Å²) in [4.78, 5) is 15.5. The lowest BCUT2D eigenvalue weighted by Crippen LogP contribution is -2.23. The molecule has 0 fully saturated rings. The van der Waals surface area contributed by atoms with Gasteiger partial charge in [0.15, 0.2) is 0 Å². The Bertz CT molecular complexity index is 384. The Balaban J connectivity index is 2.63. The first-order valence-corrected chi connectivity index (χ1v) is 5.79. The fourth-order valence-corrected chi connectivity index (χ4v) is 1.53. The Labute approximate surface area is 106 Å². The second kappa shape index (κ2) is 7.75. The molecule has 0 bridgehead atoms. The second-order valence-electron chi connectivity index (χ2n) is 3.77. The summed E-state index contributed by atoms with van der Waals surface area (Å²) in [5, 5.41) is 10.7.